The van der Waals surface area contributed by atoms with E-state index in [0.29, 0.717) is 11.5 Å². The highest BCUT2D eigenvalue weighted by Gasteiger charge is 2.24. The molecule has 1 fully saturated rings. The second kappa shape index (κ2) is 5.59. The van der Waals surface area contributed by atoms with E-state index in [1.54, 1.807) is 0 Å². The number of benzene rings is 1. The molecule has 0 radical (unpaired) electrons. The summed E-state index contributed by atoms with van der Waals surface area (Å²) < 4.78 is 1.31. The summed E-state index contributed by atoms with van der Waals surface area (Å²) in [7, 11) is 0. The Hall–Kier alpha value is -0.250. The van der Waals surface area contributed by atoms with Crippen LogP contribution in [0.2, 0.25) is 0 Å². The molecule has 0 bridgehead atoms. The lowest BCUT2D eigenvalue weighted by molar-refractivity contribution is 0.313. The molecule has 2 heteroatoms. The molecule has 1 aromatic rings. The van der Waals surface area contributed by atoms with E-state index in [2.05, 4.69) is 66.0 Å². The molecule has 0 amide bonds. The number of hydrogen-bond acceptors (Lipinski definition) is 1. The lowest BCUT2D eigenvalue weighted by Gasteiger charge is -2.22. The molecule has 0 heterocycles. The predicted molar refractivity (Wildman–Crippen MR) is 83.4 cm³/mol. The zero-order chi connectivity index (χ0) is 12.3. The van der Waals surface area contributed by atoms with Crippen molar-refractivity contribution in [1.29, 1.82) is 0 Å². The Morgan fingerprint density at radius 3 is 2.82 bits per heavy atom. The number of hydrogen-bond donors (Lipinski definition) is 1. The third-order valence-electron chi connectivity index (χ3n) is 3.77. The summed E-state index contributed by atoms with van der Waals surface area (Å²) in [6.45, 7) is 4.81. The molecule has 2 rings (SSSR count). The van der Waals surface area contributed by atoms with E-state index in [1.807, 2.05) is 0 Å². The van der Waals surface area contributed by atoms with Gasteiger partial charge in [-0.15, -0.1) is 0 Å². The first-order chi connectivity index (χ1) is 8.05. The summed E-state index contributed by atoms with van der Waals surface area (Å²) in [5.74, 6) is 0. The Kier molecular flexibility index (Phi) is 4.34. The molecule has 1 unspecified atom stereocenters. The van der Waals surface area contributed by atoms with Crippen LogP contribution in [0.1, 0.15) is 46.0 Å². The molecule has 1 atom stereocenters. The van der Waals surface area contributed by atoms with Gasteiger partial charge in [-0.05, 0) is 71.9 Å². The van der Waals surface area contributed by atoms with Gasteiger partial charge < -0.3 is 5.32 Å². The van der Waals surface area contributed by atoms with Crippen molar-refractivity contribution >= 4 is 28.3 Å². The van der Waals surface area contributed by atoms with Gasteiger partial charge in [0.05, 0.1) is 0 Å². The van der Waals surface area contributed by atoms with Crippen LogP contribution in [-0.2, 0) is 0 Å². The summed E-state index contributed by atoms with van der Waals surface area (Å²) in [4.78, 5) is 0. The Bertz CT molecular complexity index is 373. The third kappa shape index (κ3) is 4.16. The molecule has 1 N–H and O–H groups in total. The molecule has 1 aliphatic rings. The van der Waals surface area contributed by atoms with Crippen molar-refractivity contribution in [2.45, 2.75) is 52.0 Å². The molecule has 1 aliphatic carbocycles. The fraction of sp³-hybridized carbons (Fsp3) is 0.600. The fourth-order valence-corrected chi connectivity index (χ4v) is 3.16. The van der Waals surface area contributed by atoms with Crippen LogP contribution in [0, 0.1) is 8.99 Å². The molecule has 1 aromatic carbocycles. The van der Waals surface area contributed by atoms with Crippen molar-refractivity contribution in [2.24, 2.45) is 5.41 Å². The van der Waals surface area contributed by atoms with Crippen LogP contribution >= 0.6 is 22.6 Å². The fourth-order valence-electron chi connectivity index (χ4n) is 2.62. The minimum Gasteiger partial charge on any atom is -0.382 e. The second-order valence-corrected chi connectivity index (χ2v) is 7.19. The average molecular weight is 343 g/mol. The van der Waals surface area contributed by atoms with Crippen molar-refractivity contribution < 1.29 is 0 Å². The van der Waals surface area contributed by atoms with Gasteiger partial charge in [-0.2, -0.15) is 0 Å². The van der Waals surface area contributed by atoms with Gasteiger partial charge in [0.1, 0.15) is 0 Å². The first kappa shape index (κ1) is 13.2. The molecule has 0 aliphatic heterocycles. The van der Waals surface area contributed by atoms with Crippen LogP contribution in [0.4, 0.5) is 5.69 Å². The quantitative estimate of drug-likeness (QED) is 0.584. The van der Waals surface area contributed by atoms with Crippen LogP contribution in [0.25, 0.3) is 0 Å². The summed E-state index contributed by atoms with van der Waals surface area (Å²) in [6, 6.07) is 9.34. The summed E-state index contributed by atoms with van der Waals surface area (Å²) in [5.41, 5.74) is 1.82. The Morgan fingerprint density at radius 1 is 1.24 bits per heavy atom. The minimum absolute atomic E-state index is 0.543. The van der Waals surface area contributed by atoms with Gasteiger partial charge in [-0.3, -0.25) is 0 Å². The van der Waals surface area contributed by atoms with Gasteiger partial charge in [0.15, 0.2) is 0 Å². The van der Waals surface area contributed by atoms with Crippen molar-refractivity contribution in [3.63, 3.8) is 0 Å². The van der Waals surface area contributed by atoms with Crippen LogP contribution < -0.4 is 5.32 Å². The van der Waals surface area contributed by atoms with E-state index < -0.39 is 0 Å². The highest BCUT2D eigenvalue weighted by atomic mass is 127. The van der Waals surface area contributed by atoms with Gasteiger partial charge in [0, 0.05) is 15.3 Å². The van der Waals surface area contributed by atoms with E-state index in [9.17, 15) is 0 Å². The highest BCUT2D eigenvalue weighted by Crippen LogP contribution is 2.34. The van der Waals surface area contributed by atoms with E-state index in [0.717, 1.165) is 0 Å². The van der Waals surface area contributed by atoms with E-state index in [4.69, 9.17) is 0 Å². The molecule has 0 saturated heterocycles. The third-order valence-corrected chi connectivity index (χ3v) is 4.44. The number of halogens is 1. The topological polar surface area (TPSA) is 12.0 Å². The molecular formula is C15H22IN. The lowest BCUT2D eigenvalue weighted by Crippen LogP contribution is -2.19. The Labute approximate surface area is 119 Å². The van der Waals surface area contributed by atoms with Crippen LogP contribution in [-0.4, -0.2) is 6.04 Å². The van der Waals surface area contributed by atoms with Crippen molar-refractivity contribution in [2.75, 3.05) is 5.32 Å². The van der Waals surface area contributed by atoms with Gasteiger partial charge in [-0.25, -0.2) is 0 Å². The maximum absolute atomic E-state index is 3.69. The lowest BCUT2D eigenvalue weighted by atomic mass is 9.85. The van der Waals surface area contributed by atoms with Gasteiger partial charge >= 0.3 is 0 Å². The SMILES string of the molecule is CC1(C)CCCC(Nc2cccc(I)c2)CC1. The van der Waals surface area contributed by atoms with Crippen molar-refractivity contribution in [3.05, 3.63) is 27.8 Å². The maximum Gasteiger partial charge on any atom is 0.0352 e. The number of rotatable bonds is 2. The smallest absolute Gasteiger partial charge is 0.0352 e. The summed E-state index contributed by atoms with van der Waals surface area (Å²) in [6.07, 6.45) is 6.69. The zero-order valence-corrected chi connectivity index (χ0v) is 13.0. The molecule has 1 saturated carbocycles. The first-order valence-electron chi connectivity index (χ1n) is 6.57. The average Bonchev–Trinajstić information content (AvgIpc) is 2.41. The molecule has 17 heavy (non-hydrogen) atoms. The molecule has 1 nitrogen and oxygen atoms in total. The minimum atomic E-state index is 0.543. The van der Waals surface area contributed by atoms with Crippen LogP contribution in [0.3, 0.4) is 0 Å². The molecule has 0 aromatic heterocycles. The van der Waals surface area contributed by atoms with Gasteiger partial charge in [0.2, 0.25) is 0 Å². The highest BCUT2D eigenvalue weighted by molar-refractivity contribution is 14.1. The summed E-state index contributed by atoms with van der Waals surface area (Å²) >= 11 is 2.37. The van der Waals surface area contributed by atoms with Crippen molar-refractivity contribution in [3.8, 4) is 0 Å². The Balaban J connectivity index is 1.95. The zero-order valence-electron chi connectivity index (χ0n) is 10.8. The second-order valence-electron chi connectivity index (χ2n) is 5.95. The van der Waals surface area contributed by atoms with Crippen LogP contribution in [0.5, 0.6) is 0 Å². The van der Waals surface area contributed by atoms with E-state index in [1.165, 1.54) is 41.4 Å². The maximum atomic E-state index is 3.69. The van der Waals surface area contributed by atoms with Gasteiger partial charge in [-0.1, -0.05) is 26.3 Å². The predicted octanol–water partition coefficient (Wildman–Crippen LogP) is 5.06. The number of anilines is 1. The van der Waals surface area contributed by atoms with Gasteiger partial charge in [0.25, 0.3) is 0 Å². The first-order valence-corrected chi connectivity index (χ1v) is 7.65. The molecular weight excluding hydrogens is 321 g/mol. The molecule has 94 valence electrons. The standard InChI is InChI=1S/C15H22IN/c1-15(2)9-4-7-13(8-10-15)17-14-6-3-5-12(16)11-14/h3,5-6,11,13,17H,4,7-10H2,1-2H3. The van der Waals surface area contributed by atoms with E-state index in [-0.39, 0.29) is 0 Å². The molecule has 0 spiro atoms. The van der Waals surface area contributed by atoms with Crippen LogP contribution in [0.15, 0.2) is 24.3 Å². The largest absolute Gasteiger partial charge is 0.382 e. The summed E-state index contributed by atoms with van der Waals surface area (Å²) in [5, 5.41) is 3.69. The monoisotopic (exact) mass is 343 g/mol. The normalized spacial score (nSPS) is 24.1. The van der Waals surface area contributed by atoms with E-state index >= 15 is 0 Å². The number of nitrogens with one attached hydrogen (secondary N) is 1. The Morgan fingerprint density at radius 2 is 2.06 bits per heavy atom. The van der Waals surface area contributed by atoms with Crippen molar-refractivity contribution in [1.82, 2.24) is 0 Å².